The smallest absolute Gasteiger partial charge is 0.247 e. The minimum Gasteiger partial charge on any atom is -0.370 e. The summed E-state index contributed by atoms with van der Waals surface area (Å²) in [6, 6.07) is 0. The third kappa shape index (κ3) is 9.43. The van der Waals surface area contributed by atoms with Gasteiger partial charge in [-0.1, -0.05) is 12.8 Å². The molecule has 0 heterocycles. The van der Waals surface area contributed by atoms with Crippen molar-refractivity contribution in [1.82, 2.24) is 5.32 Å². The molecule has 0 aliphatic carbocycles. The molecule has 0 aliphatic heterocycles. The molecule has 0 rings (SSSR count). The van der Waals surface area contributed by atoms with Crippen LogP contribution in [0.25, 0.3) is 0 Å². The van der Waals surface area contributed by atoms with Crippen LogP contribution in [0, 0.1) is 5.41 Å². The monoisotopic (exact) mass is 355 g/mol. The van der Waals surface area contributed by atoms with Gasteiger partial charge in [0.25, 0.3) is 0 Å². The molecule has 7 nitrogen and oxygen atoms in total. The first-order valence-corrected chi connectivity index (χ1v) is 9.35. The van der Waals surface area contributed by atoms with Crippen LogP contribution in [-0.2, 0) is 4.79 Å². The van der Waals surface area contributed by atoms with Gasteiger partial charge in [-0.05, 0) is 47.0 Å². The van der Waals surface area contributed by atoms with E-state index in [-0.39, 0.29) is 11.9 Å². The fourth-order valence-electron chi connectivity index (χ4n) is 2.71. The molecule has 0 fully saturated rings. The number of amides is 1. The number of nitrogens with two attached hydrogens (primary N) is 2. The van der Waals surface area contributed by atoms with Crippen molar-refractivity contribution >= 4 is 17.6 Å². The molecule has 0 aromatic rings. The standard InChI is InChI=1S/C18H38N6O/c1-6-24(5,7-2)14-13-22-16(25)18(4,23-17(20)21)12-10-8-9-11-15(3)19/h19H,6-14H2,1-5H3,(H4-,20,21,22,23,25)/p+1. The van der Waals surface area contributed by atoms with Crippen molar-refractivity contribution < 1.29 is 9.28 Å². The fraction of sp³-hybridized carbons (Fsp3) is 0.833. The maximum Gasteiger partial charge on any atom is 0.247 e. The first-order chi connectivity index (χ1) is 11.6. The molecule has 0 aromatic carbocycles. The van der Waals surface area contributed by atoms with E-state index in [2.05, 4.69) is 31.2 Å². The summed E-state index contributed by atoms with van der Waals surface area (Å²) in [5, 5.41) is 10.5. The first-order valence-electron chi connectivity index (χ1n) is 9.35. The number of nitrogens with one attached hydrogen (secondary N) is 2. The average molecular weight is 356 g/mol. The fourth-order valence-corrected chi connectivity index (χ4v) is 2.71. The van der Waals surface area contributed by atoms with Gasteiger partial charge in [-0.2, -0.15) is 0 Å². The lowest BCUT2D eigenvalue weighted by Gasteiger charge is -2.32. The zero-order valence-electron chi connectivity index (χ0n) is 16.8. The second kappa shape index (κ2) is 11.1. The summed E-state index contributed by atoms with van der Waals surface area (Å²) in [7, 11) is 2.19. The van der Waals surface area contributed by atoms with Crippen LogP contribution in [0.4, 0.5) is 0 Å². The van der Waals surface area contributed by atoms with Gasteiger partial charge in [0.05, 0.1) is 33.2 Å². The Kier molecular flexibility index (Phi) is 10.4. The highest BCUT2D eigenvalue weighted by Gasteiger charge is 2.32. The van der Waals surface area contributed by atoms with Crippen molar-refractivity contribution in [1.29, 1.82) is 5.41 Å². The van der Waals surface area contributed by atoms with Gasteiger partial charge in [0.15, 0.2) is 5.96 Å². The van der Waals surface area contributed by atoms with Crippen LogP contribution < -0.4 is 16.8 Å². The average Bonchev–Trinajstić information content (AvgIpc) is 2.53. The molecule has 1 atom stereocenters. The lowest BCUT2D eigenvalue weighted by molar-refractivity contribution is -0.904. The third-order valence-electron chi connectivity index (χ3n) is 5.04. The molecular weight excluding hydrogens is 316 g/mol. The Labute approximate surface area is 153 Å². The summed E-state index contributed by atoms with van der Waals surface area (Å²) in [6.07, 6.45) is 4.17. The van der Waals surface area contributed by atoms with Crippen LogP contribution in [0.5, 0.6) is 0 Å². The molecule has 0 aromatic heterocycles. The number of quaternary nitrogens is 1. The van der Waals surface area contributed by atoms with E-state index in [9.17, 15) is 4.79 Å². The van der Waals surface area contributed by atoms with Crippen molar-refractivity contribution in [2.45, 2.75) is 65.3 Å². The molecule has 0 radical (unpaired) electrons. The summed E-state index contributed by atoms with van der Waals surface area (Å²) >= 11 is 0. The third-order valence-corrected chi connectivity index (χ3v) is 5.04. The predicted octanol–water partition coefficient (Wildman–Crippen LogP) is 1.61. The van der Waals surface area contributed by atoms with E-state index in [1.54, 1.807) is 6.92 Å². The zero-order valence-corrected chi connectivity index (χ0v) is 16.8. The minimum absolute atomic E-state index is 0.0595. The highest BCUT2D eigenvalue weighted by molar-refractivity contribution is 5.89. The summed E-state index contributed by atoms with van der Waals surface area (Å²) in [6.45, 7) is 11.5. The lowest BCUT2D eigenvalue weighted by atomic mass is 9.93. The van der Waals surface area contributed by atoms with Crippen LogP contribution >= 0.6 is 0 Å². The van der Waals surface area contributed by atoms with Gasteiger partial charge in [-0.3, -0.25) is 4.79 Å². The Bertz CT molecular complexity index is 454. The van der Waals surface area contributed by atoms with Crippen molar-refractivity contribution in [2.75, 3.05) is 33.2 Å². The van der Waals surface area contributed by atoms with E-state index in [0.29, 0.717) is 18.7 Å². The highest BCUT2D eigenvalue weighted by Crippen LogP contribution is 2.20. The summed E-state index contributed by atoms with van der Waals surface area (Å²) in [5.74, 6) is -0.182. The van der Waals surface area contributed by atoms with Gasteiger partial charge in [0.2, 0.25) is 5.91 Å². The van der Waals surface area contributed by atoms with Gasteiger partial charge < -0.3 is 26.7 Å². The molecule has 25 heavy (non-hydrogen) atoms. The zero-order chi connectivity index (χ0) is 19.5. The molecule has 7 heteroatoms. The van der Waals surface area contributed by atoms with Crippen LogP contribution in [0.3, 0.4) is 0 Å². The lowest BCUT2D eigenvalue weighted by Crippen LogP contribution is -2.51. The van der Waals surface area contributed by atoms with E-state index < -0.39 is 5.54 Å². The molecule has 146 valence electrons. The number of aliphatic imine (C=N–C) groups is 1. The van der Waals surface area contributed by atoms with E-state index in [4.69, 9.17) is 16.9 Å². The predicted molar refractivity (Wildman–Crippen MR) is 106 cm³/mol. The summed E-state index contributed by atoms with van der Waals surface area (Å²) < 4.78 is 0.919. The van der Waals surface area contributed by atoms with Crippen LogP contribution in [0.1, 0.15) is 59.8 Å². The summed E-state index contributed by atoms with van der Waals surface area (Å²) in [4.78, 5) is 16.9. The van der Waals surface area contributed by atoms with Gasteiger partial charge >= 0.3 is 0 Å². The van der Waals surface area contributed by atoms with E-state index in [0.717, 1.165) is 49.8 Å². The van der Waals surface area contributed by atoms with Crippen LogP contribution in [0.15, 0.2) is 4.99 Å². The number of hydrogen-bond acceptors (Lipinski definition) is 3. The maximum atomic E-state index is 12.7. The van der Waals surface area contributed by atoms with Gasteiger partial charge in [-0.25, -0.2) is 4.99 Å². The Morgan fingerprint density at radius 1 is 1.20 bits per heavy atom. The molecule has 6 N–H and O–H groups in total. The topological polar surface area (TPSA) is 117 Å². The number of carbonyl (C=O) groups is 1. The molecule has 0 spiro atoms. The Balaban J connectivity index is 4.64. The molecule has 0 saturated carbocycles. The Hall–Kier alpha value is -1.63. The Morgan fingerprint density at radius 3 is 2.28 bits per heavy atom. The normalized spacial score (nSPS) is 13.8. The molecule has 0 aliphatic rings. The number of unbranched alkanes of at least 4 members (excludes halogenated alkanes) is 2. The molecular formula is C18H39N6O+. The SMILES string of the molecule is CC[N+](C)(CC)CCNC(=O)C(C)(CCCCCC(C)=N)N=C(N)N. The van der Waals surface area contributed by atoms with Crippen molar-refractivity contribution in [3.05, 3.63) is 0 Å². The number of guanidine groups is 1. The number of hydrogen-bond donors (Lipinski definition) is 4. The molecule has 1 amide bonds. The highest BCUT2D eigenvalue weighted by atomic mass is 16.2. The molecule has 1 unspecified atom stereocenters. The van der Waals surface area contributed by atoms with Gasteiger partial charge in [-0.15, -0.1) is 0 Å². The number of rotatable bonds is 13. The number of likely N-dealkylation sites (N-methyl/N-ethyl adjacent to an activating group) is 1. The second-order valence-electron chi connectivity index (χ2n) is 7.38. The first kappa shape index (κ1) is 23.4. The van der Waals surface area contributed by atoms with Gasteiger partial charge in [0, 0.05) is 5.71 Å². The van der Waals surface area contributed by atoms with Gasteiger partial charge in [0.1, 0.15) is 5.54 Å². The van der Waals surface area contributed by atoms with Crippen molar-refractivity contribution in [3.63, 3.8) is 0 Å². The minimum atomic E-state index is -0.930. The second-order valence-corrected chi connectivity index (χ2v) is 7.38. The van der Waals surface area contributed by atoms with E-state index in [1.165, 1.54) is 0 Å². The van der Waals surface area contributed by atoms with Crippen molar-refractivity contribution in [3.8, 4) is 0 Å². The van der Waals surface area contributed by atoms with E-state index in [1.807, 2.05) is 6.92 Å². The molecule has 0 saturated heterocycles. The van der Waals surface area contributed by atoms with Crippen LogP contribution in [0.2, 0.25) is 0 Å². The Morgan fingerprint density at radius 2 is 1.80 bits per heavy atom. The largest absolute Gasteiger partial charge is 0.370 e. The number of carbonyl (C=O) groups excluding carboxylic acids is 1. The maximum absolute atomic E-state index is 12.7. The van der Waals surface area contributed by atoms with E-state index >= 15 is 0 Å². The number of nitrogens with zero attached hydrogens (tertiary/aromatic N) is 2. The van der Waals surface area contributed by atoms with Crippen LogP contribution in [-0.4, -0.2) is 60.8 Å². The van der Waals surface area contributed by atoms with Crippen molar-refractivity contribution in [2.24, 2.45) is 16.5 Å². The quantitative estimate of drug-likeness (QED) is 0.174. The molecule has 0 bridgehead atoms. The summed E-state index contributed by atoms with van der Waals surface area (Å²) in [5.41, 5.74) is 10.9.